The van der Waals surface area contributed by atoms with Gasteiger partial charge in [0.25, 0.3) is 0 Å². The molecule has 0 saturated heterocycles. The van der Waals surface area contributed by atoms with E-state index in [1.807, 2.05) is 43.3 Å². The summed E-state index contributed by atoms with van der Waals surface area (Å²) in [4.78, 5) is 12.9. The Morgan fingerprint density at radius 2 is 1.68 bits per heavy atom. The Labute approximate surface area is 135 Å². The lowest BCUT2D eigenvalue weighted by Gasteiger charge is -2.06. The van der Waals surface area contributed by atoms with Gasteiger partial charge in [0.2, 0.25) is 5.91 Å². The fourth-order valence-electron chi connectivity index (χ4n) is 1.99. The van der Waals surface area contributed by atoms with Crippen molar-refractivity contribution in [3.63, 3.8) is 0 Å². The number of aliphatic hydroxyl groups is 1. The molecule has 22 heavy (non-hydrogen) atoms. The zero-order valence-corrected chi connectivity index (χ0v) is 13.5. The van der Waals surface area contributed by atoms with Gasteiger partial charge < -0.3 is 10.4 Å². The van der Waals surface area contributed by atoms with Crippen molar-refractivity contribution in [1.29, 1.82) is 0 Å². The molecule has 2 N–H and O–H groups in total. The highest BCUT2D eigenvalue weighted by atomic mass is 32.2. The number of nitrogens with one attached hydrogen (secondary N) is 1. The van der Waals surface area contributed by atoms with Crippen LogP contribution < -0.4 is 5.32 Å². The maximum atomic E-state index is 11.8. The molecule has 2 aromatic carbocycles. The highest BCUT2D eigenvalue weighted by Crippen LogP contribution is 2.17. The second-order valence-corrected chi connectivity index (χ2v) is 6.23. The van der Waals surface area contributed by atoms with Crippen molar-refractivity contribution in [2.45, 2.75) is 24.8 Å². The van der Waals surface area contributed by atoms with E-state index in [4.69, 9.17) is 5.11 Å². The first-order valence-electron chi connectivity index (χ1n) is 7.32. The summed E-state index contributed by atoms with van der Waals surface area (Å²) >= 11 is 1.55. The van der Waals surface area contributed by atoms with Gasteiger partial charge >= 0.3 is 0 Å². The Kier molecular flexibility index (Phi) is 6.49. The summed E-state index contributed by atoms with van der Waals surface area (Å²) in [6.07, 6.45) is 0.798. The van der Waals surface area contributed by atoms with Crippen LogP contribution in [0.5, 0.6) is 0 Å². The molecule has 0 atom stereocenters. The summed E-state index contributed by atoms with van der Waals surface area (Å²) in [5, 5.41) is 11.9. The number of amides is 1. The maximum absolute atomic E-state index is 11.8. The van der Waals surface area contributed by atoms with Crippen molar-refractivity contribution in [2.24, 2.45) is 0 Å². The van der Waals surface area contributed by atoms with Gasteiger partial charge in [0.05, 0.1) is 12.4 Å². The Morgan fingerprint density at radius 1 is 1.05 bits per heavy atom. The van der Waals surface area contributed by atoms with Crippen LogP contribution in [0.15, 0.2) is 53.4 Å². The van der Waals surface area contributed by atoms with Gasteiger partial charge in [-0.1, -0.05) is 42.0 Å². The van der Waals surface area contributed by atoms with Crippen LogP contribution in [0.2, 0.25) is 0 Å². The zero-order chi connectivity index (χ0) is 15.8. The van der Waals surface area contributed by atoms with Gasteiger partial charge in [-0.25, -0.2) is 0 Å². The van der Waals surface area contributed by atoms with Crippen molar-refractivity contribution in [1.82, 2.24) is 5.32 Å². The molecule has 0 unspecified atom stereocenters. The van der Waals surface area contributed by atoms with E-state index in [1.165, 1.54) is 5.56 Å². The third kappa shape index (κ3) is 5.54. The lowest BCUT2D eigenvalue weighted by molar-refractivity contribution is -0.118. The summed E-state index contributed by atoms with van der Waals surface area (Å²) < 4.78 is 0. The third-order valence-electron chi connectivity index (χ3n) is 3.33. The first-order chi connectivity index (χ1) is 10.7. The van der Waals surface area contributed by atoms with E-state index in [-0.39, 0.29) is 12.5 Å². The minimum absolute atomic E-state index is 0.0533. The van der Waals surface area contributed by atoms with Crippen LogP contribution in [0.25, 0.3) is 0 Å². The molecule has 1 amide bonds. The van der Waals surface area contributed by atoms with Crippen molar-refractivity contribution in [2.75, 3.05) is 12.3 Å². The minimum atomic E-state index is 0.0533. The fourth-order valence-corrected chi connectivity index (χ4v) is 2.72. The monoisotopic (exact) mass is 315 g/mol. The van der Waals surface area contributed by atoms with Gasteiger partial charge in [-0.2, -0.15) is 0 Å². The SMILES string of the molecule is Cc1ccc(SCC(=O)NCCc2ccc(CO)cc2)cc1. The Morgan fingerprint density at radius 3 is 2.32 bits per heavy atom. The lowest BCUT2D eigenvalue weighted by Crippen LogP contribution is -2.27. The quantitative estimate of drug-likeness (QED) is 0.772. The van der Waals surface area contributed by atoms with Gasteiger partial charge in [-0.3, -0.25) is 4.79 Å². The van der Waals surface area contributed by atoms with E-state index < -0.39 is 0 Å². The van der Waals surface area contributed by atoms with Gasteiger partial charge in [-0.15, -0.1) is 11.8 Å². The van der Waals surface area contributed by atoms with E-state index in [9.17, 15) is 4.79 Å². The van der Waals surface area contributed by atoms with E-state index in [0.29, 0.717) is 12.3 Å². The van der Waals surface area contributed by atoms with Crippen LogP contribution in [0.4, 0.5) is 0 Å². The lowest BCUT2D eigenvalue weighted by atomic mass is 10.1. The first kappa shape index (κ1) is 16.6. The minimum Gasteiger partial charge on any atom is -0.392 e. The largest absolute Gasteiger partial charge is 0.392 e. The summed E-state index contributed by atoms with van der Waals surface area (Å²) in [5.41, 5.74) is 3.28. The smallest absolute Gasteiger partial charge is 0.230 e. The number of carbonyl (C=O) groups is 1. The van der Waals surface area contributed by atoms with Crippen LogP contribution in [-0.2, 0) is 17.8 Å². The number of thioether (sulfide) groups is 1. The van der Waals surface area contributed by atoms with Gasteiger partial charge in [0, 0.05) is 11.4 Å². The second kappa shape index (κ2) is 8.61. The van der Waals surface area contributed by atoms with Gasteiger partial charge in [0.15, 0.2) is 0 Å². The molecular weight excluding hydrogens is 294 g/mol. The summed E-state index contributed by atoms with van der Waals surface area (Å²) in [6.45, 7) is 2.74. The van der Waals surface area contributed by atoms with E-state index in [0.717, 1.165) is 22.4 Å². The third-order valence-corrected chi connectivity index (χ3v) is 4.34. The first-order valence-corrected chi connectivity index (χ1v) is 8.31. The number of aryl methyl sites for hydroxylation is 1. The molecule has 2 rings (SSSR count). The molecule has 0 fully saturated rings. The molecule has 3 nitrogen and oxygen atoms in total. The molecule has 116 valence electrons. The molecule has 0 aliphatic heterocycles. The molecule has 0 spiro atoms. The molecule has 0 radical (unpaired) electrons. The fraction of sp³-hybridized carbons (Fsp3) is 0.278. The average molecular weight is 315 g/mol. The maximum Gasteiger partial charge on any atom is 0.230 e. The second-order valence-electron chi connectivity index (χ2n) is 5.18. The number of aliphatic hydroxyl groups excluding tert-OH is 1. The van der Waals surface area contributed by atoms with E-state index >= 15 is 0 Å². The Hall–Kier alpha value is -1.78. The molecule has 0 heterocycles. The normalized spacial score (nSPS) is 10.5. The number of hydrogen-bond acceptors (Lipinski definition) is 3. The van der Waals surface area contributed by atoms with Crippen molar-refractivity contribution >= 4 is 17.7 Å². The van der Waals surface area contributed by atoms with Crippen LogP contribution >= 0.6 is 11.8 Å². The van der Waals surface area contributed by atoms with Gasteiger partial charge in [0.1, 0.15) is 0 Å². The van der Waals surface area contributed by atoms with Crippen molar-refractivity contribution in [3.8, 4) is 0 Å². The van der Waals surface area contributed by atoms with Crippen LogP contribution in [0.1, 0.15) is 16.7 Å². The molecule has 0 aliphatic carbocycles. The van der Waals surface area contributed by atoms with Gasteiger partial charge in [-0.05, 0) is 36.6 Å². The predicted molar refractivity (Wildman–Crippen MR) is 91.0 cm³/mol. The molecule has 4 heteroatoms. The number of hydrogen-bond donors (Lipinski definition) is 2. The number of benzene rings is 2. The standard InChI is InChI=1S/C18H21NO2S/c1-14-2-8-17(9-3-14)22-13-18(21)19-11-10-15-4-6-16(12-20)7-5-15/h2-9,20H,10-13H2,1H3,(H,19,21). The van der Waals surface area contributed by atoms with Crippen molar-refractivity contribution in [3.05, 3.63) is 65.2 Å². The number of rotatable bonds is 7. The topological polar surface area (TPSA) is 49.3 Å². The van der Waals surface area contributed by atoms with Crippen LogP contribution in [-0.4, -0.2) is 23.3 Å². The zero-order valence-electron chi connectivity index (χ0n) is 12.7. The van der Waals surface area contributed by atoms with Crippen LogP contribution in [0.3, 0.4) is 0 Å². The van der Waals surface area contributed by atoms with Crippen LogP contribution in [0, 0.1) is 6.92 Å². The van der Waals surface area contributed by atoms with E-state index in [2.05, 4.69) is 17.4 Å². The summed E-state index contributed by atoms with van der Waals surface area (Å²) in [5.74, 6) is 0.490. The molecule has 0 bridgehead atoms. The molecule has 0 saturated carbocycles. The summed E-state index contributed by atoms with van der Waals surface area (Å²) in [7, 11) is 0. The van der Waals surface area contributed by atoms with Crippen molar-refractivity contribution < 1.29 is 9.90 Å². The molecule has 2 aromatic rings. The average Bonchev–Trinajstić information content (AvgIpc) is 2.55. The predicted octanol–water partition coefficient (Wildman–Crippen LogP) is 2.94. The highest BCUT2D eigenvalue weighted by Gasteiger charge is 2.02. The Balaban J connectivity index is 1.67. The number of carbonyl (C=O) groups excluding carboxylic acids is 1. The molecular formula is C18H21NO2S. The molecule has 0 aromatic heterocycles. The molecule has 0 aliphatic rings. The highest BCUT2D eigenvalue weighted by molar-refractivity contribution is 8.00. The summed E-state index contributed by atoms with van der Waals surface area (Å²) in [6, 6.07) is 16.0. The van der Waals surface area contributed by atoms with E-state index in [1.54, 1.807) is 11.8 Å². The Bertz CT molecular complexity index is 593.